The van der Waals surface area contributed by atoms with Gasteiger partial charge >= 0.3 is 7.60 Å². The number of aliphatic imine (C=N–C) groups is 1. The van der Waals surface area contributed by atoms with Crippen molar-refractivity contribution in [3.05, 3.63) is 66.2 Å². The third kappa shape index (κ3) is 2.88. The molecule has 0 saturated carbocycles. The number of carbonyl (C=O) groups excluding carboxylic acids is 2. The molecule has 1 fully saturated rings. The Kier molecular flexibility index (Phi) is 5.45. The molecular weight excluding hydrogens is 403 g/mol. The zero-order valence-electron chi connectivity index (χ0n) is 16.8. The number of anilines is 1. The smallest absolute Gasteiger partial charge is 0.307 e. The van der Waals surface area contributed by atoms with Crippen LogP contribution in [0.5, 0.6) is 0 Å². The van der Waals surface area contributed by atoms with E-state index in [9.17, 15) is 14.2 Å². The summed E-state index contributed by atoms with van der Waals surface area (Å²) < 4.78 is 25.5. The van der Waals surface area contributed by atoms with Crippen LogP contribution in [0.15, 0.2) is 65.7 Å². The topological polar surface area (TPSA) is 85.3 Å². The lowest BCUT2D eigenvalue weighted by Gasteiger charge is -2.37. The second-order valence-corrected chi connectivity index (χ2v) is 9.25. The lowest BCUT2D eigenvalue weighted by atomic mass is 9.87. The SMILES string of the molecule is CCOP(=O)(OCC)C1(c2ccccc2)N=CC2C(=O)N(c3ccccc3)C(=O)C21. The van der Waals surface area contributed by atoms with Crippen molar-refractivity contribution in [1.29, 1.82) is 0 Å². The van der Waals surface area contributed by atoms with Gasteiger partial charge in [-0.25, -0.2) is 4.90 Å². The molecule has 2 amide bonds. The van der Waals surface area contributed by atoms with Crippen LogP contribution in [0.4, 0.5) is 5.69 Å². The highest BCUT2D eigenvalue weighted by atomic mass is 31.2. The maximum atomic E-state index is 14.1. The van der Waals surface area contributed by atoms with Gasteiger partial charge in [0.2, 0.25) is 11.8 Å². The number of carbonyl (C=O) groups is 2. The number of hydrogen-bond acceptors (Lipinski definition) is 6. The van der Waals surface area contributed by atoms with Crippen molar-refractivity contribution < 1.29 is 23.2 Å². The second-order valence-electron chi connectivity index (χ2n) is 7.05. The average Bonchev–Trinajstić information content (AvgIpc) is 3.28. The maximum absolute atomic E-state index is 14.1. The summed E-state index contributed by atoms with van der Waals surface area (Å²) >= 11 is 0. The van der Waals surface area contributed by atoms with Crippen LogP contribution in [0.1, 0.15) is 19.4 Å². The summed E-state index contributed by atoms with van der Waals surface area (Å²) in [5.41, 5.74) is 0.995. The third-order valence-corrected chi connectivity index (χ3v) is 8.13. The van der Waals surface area contributed by atoms with E-state index in [4.69, 9.17) is 9.05 Å². The van der Waals surface area contributed by atoms with Crippen molar-refractivity contribution in [2.45, 2.75) is 19.1 Å². The van der Waals surface area contributed by atoms with Crippen molar-refractivity contribution >= 4 is 31.3 Å². The van der Waals surface area contributed by atoms with Crippen molar-refractivity contribution in [3.8, 4) is 0 Å². The van der Waals surface area contributed by atoms with Crippen LogP contribution >= 0.6 is 7.60 Å². The van der Waals surface area contributed by atoms with Gasteiger partial charge in [0.05, 0.1) is 30.7 Å². The molecule has 0 aliphatic carbocycles. The average molecular weight is 426 g/mol. The molecule has 2 aromatic carbocycles. The van der Waals surface area contributed by atoms with Gasteiger partial charge in [-0.1, -0.05) is 48.5 Å². The Balaban J connectivity index is 1.91. The first-order valence-corrected chi connectivity index (χ1v) is 11.5. The molecule has 3 atom stereocenters. The molecule has 2 aliphatic heterocycles. The van der Waals surface area contributed by atoms with Crippen LogP contribution in [0.2, 0.25) is 0 Å². The molecule has 7 nitrogen and oxygen atoms in total. The number of nitrogens with zero attached hydrogens (tertiary/aromatic N) is 2. The zero-order valence-corrected chi connectivity index (χ0v) is 17.7. The molecule has 0 radical (unpaired) electrons. The van der Waals surface area contributed by atoms with Gasteiger partial charge in [0, 0.05) is 6.21 Å². The molecular formula is C22H23N2O5P. The molecule has 0 aromatic heterocycles. The van der Waals surface area contributed by atoms with Gasteiger partial charge < -0.3 is 9.05 Å². The Morgan fingerprint density at radius 3 is 2.07 bits per heavy atom. The molecule has 3 unspecified atom stereocenters. The predicted octanol–water partition coefficient (Wildman–Crippen LogP) is 4.00. The molecule has 0 bridgehead atoms. The number of fused-ring (bicyclic) bond motifs is 1. The number of amides is 2. The Morgan fingerprint density at radius 1 is 0.933 bits per heavy atom. The number of imide groups is 1. The Labute approximate surface area is 175 Å². The first-order valence-electron chi connectivity index (χ1n) is 9.93. The van der Waals surface area contributed by atoms with Crippen LogP contribution in [-0.4, -0.2) is 31.2 Å². The molecule has 4 rings (SSSR count). The number of para-hydroxylation sites is 1. The fourth-order valence-electron chi connectivity index (χ4n) is 4.28. The van der Waals surface area contributed by atoms with E-state index >= 15 is 0 Å². The summed E-state index contributed by atoms with van der Waals surface area (Å²) in [5.74, 6) is -2.71. The van der Waals surface area contributed by atoms with Gasteiger partial charge in [-0.15, -0.1) is 0 Å². The minimum atomic E-state index is -3.97. The molecule has 1 saturated heterocycles. The Morgan fingerprint density at radius 2 is 1.50 bits per heavy atom. The van der Waals surface area contributed by atoms with Gasteiger partial charge in [-0.2, -0.15) is 0 Å². The highest BCUT2D eigenvalue weighted by Crippen LogP contribution is 2.72. The first kappa shape index (κ1) is 20.7. The highest BCUT2D eigenvalue weighted by Gasteiger charge is 2.69. The lowest BCUT2D eigenvalue weighted by molar-refractivity contribution is -0.123. The molecule has 8 heteroatoms. The minimum absolute atomic E-state index is 0.114. The molecule has 0 N–H and O–H groups in total. The normalized spacial score (nSPS) is 25.7. The van der Waals surface area contributed by atoms with Crippen LogP contribution in [0.25, 0.3) is 0 Å². The molecule has 30 heavy (non-hydrogen) atoms. The van der Waals surface area contributed by atoms with Gasteiger partial charge in [0.25, 0.3) is 0 Å². The Bertz CT molecular complexity index is 1020. The van der Waals surface area contributed by atoms with Crippen molar-refractivity contribution in [3.63, 3.8) is 0 Å². The van der Waals surface area contributed by atoms with Crippen LogP contribution < -0.4 is 4.90 Å². The van der Waals surface area contributed by atoms with E-state index in [0.29, 0.717) is 11.3 Å². The summed E-state index contributed by atoms with van der Waals surface area (Å²) in [6.07, 6.45) is 1.44. The van der Waals surface area contributed by atoms with Gasteiger partial charge in [-0.05, 0) is 31.5 Å². The van der Waals surface area contributed by atoms with E-state index in [1.54, 1.807) is 62.4 Å². The van der Waals surface area contributed by atoms with Crippen molar-refractivity contribution in [2.75, 3.05) is 18.1 Å². The van der Waals surface area contributed by atoms with Crippen molar-refractivity contribution in [2.24, 2.45) is 16.8 Å². The van der Waals surface area contributed by atoms with E-state index < -0.39 is 36.5 Å². The molecule has 2 aromatic rings. The van der Waals surface area contributed by atoms with E-state index in [2.05, 4.69) is 4.99 Å². The molecule has 2 aliphatic rings. The predicted molar refractivity (Wildman–Crippen MR) is 113 cm³/mol. The maximum Gasteiger partial charge on any atom is 0.363 e. The van der Waals surface area contributed by atoms with Crippen LogP contribution in [-0.2, 0) is 28.5 Å². The fourth-order valence-corrected chi connectivity index (χ4v) is 6.71. The standard InChI is InChI=1S/C22H23N2O5P/c1-3-28-30(27,29-4-2)22(16-11-7-5-8-12-16)19-18(15-23-22)20(25)24(21(19)26)17-13-9-6-10-14-17/h5-15,18-19H,3-4H2,1-2H3. The number of rotatable bonds is 7. The van der Waals surface area contributed by atoms with E-state index in [1.807, 2.05) is 12.1 Å². The van der Waals surface area contributed by atoms with Gasteiger partial charge in [-0.3, -0.25) is 19.1 Å². The molecule has 2 heterocycles. The summed E-state index contributed by atoms with van der Waals surface area (Å²) in [6.45, 7) is 3.64. The Hall–Kier alpha value is -2.60. The minimum Gasteiger partial charge on any atom is -0.307 e. The third-order valence-electron chi connectivity index (χ3n) is 5.45. The number of hydrogen-bond donors (Lipinski definition) is 0. The highest BCUT2D eigenvalue weighted by molar-refractivity contribution is 7.55. The van der Waals surface area contributed by atoms with Crippen LogP contribution in [0, 0.1) is 11.8 Å². The largest absolute Gasteiger partial charge is 0.363 e. The van der Waals surface area contributed by atoms with Crippen LogP contribution in [0.3, 0.4) is 0 Å². The summed E-state index contributed by atoms with van der Waals surface area (Å²) in [5, 5.41) is -1.62. The number of benzene rings is 2. The quantitative estimate of drug-likeness (QED) is 0.494. The van der Waals surface area contributed by atoms with Crippen molar-refractivity contribution in [1.82, 2.24) is 0 Å². The molecule has 156 valence electrons. The van der Waals surface area contributed by atoms with E-state index in [0.717, 1.165) is 4.90 Å². The van der Waals surface area contributed by atoms with Gasteiger partial charge in [0.15, 0.2) is 5.28 Å². The monoisotopic (exact) mass is 426 g/mol. The molecule has 0 spiro atoms. The summed E-state index contributed by atoms with van der Waals surface area (Å²) in [6, 6.07) is 17.6. The first-order chi connectivity index (χ1) is 14.5. The zero-order chi connectivity index (χ0) is 21.4. The van der Waals surface area contributed by atoms with Gasteiger partial charge in [0.1, 0.15) is 0 Å². The van der Waals surface area contributed by atoms with E-state index in [-0.39, 0.29) is 13.2 Å². The second kappa shape index (κ2) is 7.91. The van der Waals surface area contributed by atoms with E-state index in [1.165, 1.54) is 6.21 Å². The summed E-state index contributed by atoms with van der Waals surface area (Å²) in [4.78, 5) is 32.5. The fraction of sp³-hybridized carbons (Fsp3) is 0.318. The lowest BCUT2D eigenvalue weighted by Crippen LogP contribution is -2.40. The summed E-state index contributed by atoms with van der Waals surface area (Å²) in [7, 11) is -3.97.